The fourth-order valence-corrected chi connectivity index (χ4v) is 2.14. The van der Waals surface area contributed by atoms with E-state index in [0.717, 1.165) is 5.56 Å². The van der Waals surface area contributed by atoms with E-state index in [1.807, 2.05) is 30.3 Å². The molecule has 0 radical (unpaired) electrons. The molecule has 0 spiro atoms. The molecule has 0 aliphatic carbocycles. The standard InChI is InChI=1S/C16H15ClO3/c1-19-13-8-12(9-14(10-13)20-2)16(18)15(17)11-6-4-3-5-7-11/h3-10,15H,1-2H3. The number of hydrogen-bond donors (Lipinski definition) is 0. The summed E-state index contributed by atoms with van der Waals surface area (Å²) in [5.74, 6) is 0.935. The minimum absolute atomic E-state index is 0.185. The van der Waals surface area contributed by atoms with E-state index in [9.17, 15) is 4.79 Å². The van der Waals surface area contributed by atoms with E-state index in [2.05, 4.69) is 0 Å². The number of alkyl halides is 1. The first-order chi connectivity index (χ1) is 9.65. The van der Waals surface area contributed by atoms with E-state index in [-0.39, 0.29) is 5.78 Å². The van der Waals surface area contributed by atoms with Crippen LogP contribution in [0, 0.1) is 0 Å². The van der Waals surface area contributed by atoms with Gasteiger partial charge in [-0.3, -0.25) is 4.79 Å². The number of benzene rings is 2. The Kier molecular flexibility index (Phi) is 4.64. The highest BCUT2D eigenvalue weighted by molar-refractivity contribution is 6.34. The summed E-state index contributed by atoms with van der Waals surface area (Å²) in [5.41, 5.74) is 1.23. The molecule has 0 heterocycles. The smallest absolute Gasteiger partial charge is 0.185 e. The van der Waals surface area contributed by atoms with Crippen LogP contribution in [-0.4, -0.2) is 20.0 Å². The molecule has 2 rings (SSSR count). The van der Waals surface area contributed by atoms with Gasteiger partial charge in [0, 0.05) is 11.6 Å². The predicted molar refractivity (Wildman–Crippen MR) is 78.9 cm³/mol. The number of hydrogen-bond acceptors (Lipinski definition) is 3. The first-order valence-corrected chi connectivity index (χ1v) is 6.55. The highest BCUT2D eigenvalue weighted by atomic mass is 35.5. The molecule has 0 aliphatic heterocycles. The van der Waals surface area contributed by atoms with Crippen LogP contribution in [0.3, 0.4) is 0 Å². The Balaban J connectivity index is 2.33. The van der Waals surface area contributed by atoms with Crippen molar-refractivity contribution in [2.45, 2.75) is 5.38 Å². The molecule has 1 unspecified atom stereocenters. The first-order valence-electron chi connectivity index (χ1n) is 6.12. The van der Waals surface area contributed by atoms with E-state index >= 15 is 0 Å². The molecule has 0 saturated carbocycles. The molecule has 2 aromatic rings. The van der Waals surface area contributed by atoms with E-state index in [0.29, 0.717) is 17.1 Å². The van der Waals surface area contributed by atoms with Crippen LogP contribution < -0.4 is 9.47 Å². The number of halogens is 1. The zero-order valence-electron chi connectivity index (χ0n) is 11.3. The minimum Gasteiger partial charge on any atom is -0.497 e. The van der Waals surface area contributed by atoms with Crippen LogP contribution in [0.1, 0.15) is 21.3 Å². The van der Waals surface area contributed by atoms with Crippen molar-refractivity contribution in [1.82, 2.24) is 0 Å². The Bertz CT molecular complexity index is 574. The van der Waals surface area contributed by atoms with Crippen LogP contribution in [0.5, 0.6) is 11.5 Å². The molecule has 20 heavy (non-hydrogen) atoms. The lowest BCUT2D eigenvalue weighted by molar-refractivity contribution is 0.0986. The van der Waals surface area contributed by atoms with Crippen molar-refractivity contribution in [2.24, 2.45) is 0 Å². The Morgan fingerprint density at radius 2 is 1.55 bits per heavy atom. The predicted octanol–water partition coefficient (Wildman–Crippen LogP) is 3.87. The van der Waals surface area contributed by atoms with Crippen molar-refractivity contribution in [1.29, 1.82) is 0 Å². The second-order valence-corrected chi connectivity index (χ2v) is 4.68. The first kappa shape index (κ1) is 14.4. The van der Waals surface area contributed by atoms with Gasteiger partial charge in [-0.1, -0.05) is 30.3 Å². The van der Waals surface area contributed by atoms with Crippen LogP contribution in [0.2, 0.25) is 0 Å². The average molecular weight is 291 g/mol. The van der Waals surface area contributed by atoms with Gasteiger partial charge < -0.3 is 9.47 Å². The molecule has 4 heteroatoms. The molecule has 0 aliphatic rings. The van der Waals surface area contributed by atoms with Gasteiger partial charge in [0.2, 0.25) is 0 Å². The van der Waals surface area contributed by atoms with E-state index in [4.69, 9.17) is 21.1 Å². The molecule has 104 valence electrons. The van der Waals surface area contributed by atoms with Crippen LogP contribution in [0.4, 0.5) is 0 Å². The SMILES string of the molecule is COc1cc(OC)cc(C(=O)C(Cl)c2ccccc2)c1. The number of rotatable bonds is 5. The highest BCUT2D eigenvalue weighted by Gasteiger charge is 2.20. The third-order valence-electron chi connectivity index (χ3n) is 2.96. The molecular formula is C16H15ClO3. The Hall–Kier alpha value is -2.00. The number of Topliss-reactive ketones (excluding diaryl/α,β-unsaturated/α-hetero) is 1. The summed E-state index contributed by atoms with van der Waals surface area (Å²) >= 11 is 6.25. The van der Waals surface area contributed by atoms with Gasteiger partial charge in [0.05, 0.1) is 14.2 Å². The van der Waals surface area contributed by atoms with Gasteiger partial charge in [-0.15, -0.1) is 11.6 Å². The minimum atomic E-state index is -0.729. The lowest BCUT2D eigenvalue weighted by atomic mass is 10.0. The van der Waals surface area contributed by atoms with Gasteiger partial charge in [-0.25, -0.2) is 0 Å². The van der Waals surface area contributed by atoms with Gasteiger partial charge in [0.15, 0.2) is 5.78 Å². The second-order valence-electron chi connectivity index (χ2n) is 4.24. The monoisotopic (exact) mass is 290 g/mol. The number of methoxy groups -OCH3 is 2. The summed E-state index contributed by atoms with van der Waals surface area (Å²) in [7, 11) is 3.08. The molecular weight excluding hydrogens is 276 g/mol. The summed E-state index contributed by atoms with van der Waals surface area (Å²) in [6, 6.07) is 14.3. The summed E-state index contributed by atoms with van der Waals surface area (Å²) in [5, 5.41) is -0.729. The maximum absolute atomic E-state index is 12.4. The van der Waals surface area contributed by atoms with Gasteiger partial charge in [-0.05, 0) is 17.7 Å². The van der Waals surface area contributed by atoms with Crippen molar-refractivity contribution in [3.63, 3.8) is 0 Å². The second kappa shape index (κ2) is 6.44. The third kappa shape index (κ3) is 3.11. The number of carbonyl (C=O) groups is 1. The number of carbonyl (C=O) groups excluding carboxylic acids is 1. The lowest BCUT2D eigenvalue weighted by Gasteiger charge is -2.11. The molecule has 0 N–H and O–H groups in total. The zero-order chi connectivity index (χ0) is 14.5. The van der Waals surface area contributed by atoms with Crippen LogP contribution in [0.15, 0.2) is 48.5 Å². The molecule has 0 bridgehead atoms. The van der Waals surface area contributed by atoms with Gasteiger partial charge in [0.1, 0.15) is 16.9 Å². The fraction of sp³-hybridized carbons (Fsp3) is 0.188. The van der Waals surface area contributed by atoms with E-state index in [1.165, 1.54) is 0 Å². The largest absolute Gasteiger partial charge is 0.497 e. The lowest BCUT2D eigenvalue weighted by Crippen LogP contribution is -2.08. The average Bonchev–Trinajstić information content (AvgIpc) is 2.53. The third-order valence-corrected chi connectivity index (χ3v) is 3.41. The molecule has 0 amide bonds. The van der Waals surface area contributed by atoms with E-state index in [1.54, 1.807) is 32.4 Å². The molecule has 0 saturated heterocycles. The molecule has 0 fully saturated rings. The van der Waals surface area contributed by atoms with Crippen molar-refractivity contribution >= 4 is 17.4 Å². The van der Waals surface area contributed by atoms with Crippen molar-refractivity contribution in [3.05, 3.63) is 59.7 Å². The van der Waals surface area contributed by atoms with Crippen LogP contribution in [0.25, 0.3) is 0 Å². The Morgan fingerprint density at radius 3 is 2.05 bits per heavy atom. The molecule has 2 aromatic carbocycles. The van der Waals surface area contributed by atoms with Crippen LogP contribution >= 0.6 is 11.6 Å². The molecule has 0 aromatic heterocycles. The van der Waals surface area contributed by atoms with Gasteiger partial charge >= 0.3 is 0 Å². The number of ether oxygens (including phenoxy) is 2. The van der Waals surface area contributed by atoms with E-state index < -0.39 is 5.38 Å². The Labute approximate surface area is 123 Å². The van der Waals surface area contributed by atoms with Crippen molar-refractivity contribution in [2.75, 3.05) is 14.2 Å². The zero-order valence-corrected chi connectivity index (χ0v) is 12.1. The quantitative estimate of drug-likeness (QED) is 0.619. The fourth-order valence-electron chi connectivity index (χ4n) is 1.87. The van der Waals surface area contributed by atoms with Gasteiger partial charge in [-0.2, -0.15) is 0 Å². The molecule has 3 nitrogen and oxygen atoms in total. The summed E-state index contributed by atoms with van der Waals surface area (Å²) in [4.78, 5) is 12.4. The van der Waals surface area contributed by atoms with Crippen LogP contribution in [-0.2, 0) is 0 Å². The summed E-state index contributed by atoms with van der Waals surface area (Å²) in [6.45, 7) is 0. The normalized spacial score (nSPS) is 11.8. The van der Waals surface area contributed by atoms with Crippen molar-refractivity contribution in [3.8, 4) is 11.5 Å². The highest BCUT2D eigenvalue weighted by Crippen LogP contribution is 2.29. The summed E-state index contributed by atoms with van der Waals surface area (Å²) < 4.78 is 10.3. The van der Waals surface area contributed by atoms with Gasteiger partial charge in [0.25, 0.3) is 0 Å². The topological polar surface area (TPSA) is 35.5 Å². The van der Waals surface area contributed by atoms with Crippen molar-refractivity contribution < 1.29 is 14.3 Å². The summed E-state index contributed by atoms with van der Waals surface area (Å²) in [6.07, 6.45) is 0. The maximum Gasteiger partial charge on any atom is 0.185 e. The number of ketones is 1. The maximum atomic E-state index is 12.4. The molecule has 1 atom stereocenters. The Morgan fingerprint density at radius 1 is 1.00 bits per heavy atom.